The molecule has 7 heteroatoms. The number of hydrogen-bond donors (Lipinski definition) is 2. The SMILES string of the molecule is COc1ccc([C@H](N)CCCN)cc1[N+](=O)[O-].Cl. The number of nitrogens with zero attached hydrogens (tertiary/aromatic N) is 1. The lowest BCUT2D eigenvalue weighted by Gasteiger charge is -2.12. The topological polar surface area (TPSA) is 104 Å². The minimum absolute atomic E-state index is 0. The second-order valence-electron chi connectivity index (χ2n) is 3.73. The molecule has 0 fully saturated rings. The van der Waals surface area contributed by atoms with Crippen molar-refractivity contribution in [2.45, 2.75) is 18.9 Å². The molecule has 0 saturated heterocycles. The average Bonchev–Trinajstić information content (AvgIpc) is 2.34. The van der Waals surface area contributed by atoms with E-state index in [-0.39, 0.29) is 29.9 Å². The van der Waals surface area contributed by atoms with E-state index in [9.17, 15) is 10.1 Å². The van der Waals surface area contributed by atoms with Crippen LogP contribution >= 0.6 is 12.4 Å². The zero-order valence-corrected chi connectivity index (χ0v) is 11.0. The normalized spacial score (nSPS) is 11.5. The lowest BCUT2D eigenvalue weighted by atomic mass is 10.0. The molecule has 0 aromatic heterocycles. The fraction of sp³-hybridized carbons (Fsp3) is 0.455. The minimum atomic E-state index is -0.474. The van der Waals surface area contributed by atoms with Crippen molar-refractivity contribution >= 4 is 18.1 Å². The lowest BCUT2D eigenvalue weighted by molar-refractivity contribution is -0.385. The number of nitro groups is 1. The Balaban J connectivity index is 0.00000289. The van der Waals surface area contributed by atoms with E-state index in [0.717, 1.165) is 12.0 Å². The molecule has 0 saturated carbocycles. The molecule has 0 aliphatic rings. The van der Waals surface area contributed by atoms with Gasteiger partial charge in [0.05, 0.1) is 12.0 Å². The number of halogens is 1. The summed E-state index contributed by atoms with van der Waals surface area (Å²) in [6, 6.07) is 4.53. The van der Waals surface area contributed by atoms with Gasteiger partial charge in [0.15, 0.2) is 5.75 Å². The Kier molecular flexibility index (Phi) is 7.26. The molecule has 102 valence electrons. The van der Waals surface area contributed by atoms with Gasteiger partial charge < -0.3 is 16.2 Å². The van der Waals surface area contributed by atoms with Crippen molar-refractivity contribution in [3.05, 3.63) is 33.9 Å². The second-order valence-corrected chi connectivity index (χ2v) is 3.73. The third-order valence-electron chi connectivity index (χ3n) is 2.55. The summed E-state index contributed by atoms with van der Waals surface area (Å²) in [7, 11) is 1.40. The van der Waals surface area contributed by atoms with Crippen LogP contribution in [0.4, 0.5) is 5.69 Å². The van der Waals surface area contributed by atoms with Crippen molar-refractivity contribution in [2.24, 2.45) is 11.5 Å². The van der Waals surface area contributed by atoms with Crippen LogP contribution < -0.4 is 16.2 Å². The Labute approximate surface area is 112 Å². The molecule has 0 heterocycles. The van der Waals surface area contributed by atoms with E-state index in [1.165, 1.54) is 13.2 Å². The Morgan fingerprint density at radius 2 is 2.17 bits per heavy atom. The zero-order valence-electron chi connectivity index (χ0n) is 10.2. The first kappa shape index (κ1) is 16.6. The summed E-state index contributed by atoms with van der Waals surface area (Å²) in [5, 5.41) is 10.8. The van der Waals surface area contributed by atoms with Crippen molar-refractivity contribution in [1.29, 1.82) is 0 Å². The van der Waals surface area contributed by atoms with Gasteiger partial charge in [0.25, 0.3) is 0 Å². The Bertz CT molecular complexity index is 401. The molecular weight excluding hydrogens is 258 g/mol. The highest BCUT2D eigenvalue weighted by Gasteiger charge is 2.17. The summed E-state index contributed by atoms with van der Waals surface area (Å²) < 4.78 is 4.92. The highest BCUT2D eigenvalue weighted by atomic mass is 35.5. The highest BCUT2D eigenvalue weighted by Crippen LogP contribution is 2.30. The summed E-state index contributed by atoms with van der Waals surface area (Å²) in [5.74, 6) is 0.241. The first-order valence-electron chi connectivity index (χ1n) is 5.38. The Morgan fingerprint density at radius 1 is 1.50 bits per heavy atom. The third kappa shape index (κ3) is 4.14. The van der Waals surface area contributed by atoms with Gasteiger partial charge >= 0.3 is 5.69 Å². The molecule has 6 nitrogen and oxygen atoms in total. The van der Waals surface area contributed by atoms with Gasteiger partial charge in [0.2, 0.25) is 0 Å². The van der Waals surface area contributed by atoms with Gasteiger partial charge in [0.1, 0.15) is 0 Å². The van der Waals surface area contributed by atoms with E-state index in [2.05, 4.69) is 0 Å². The zero-order chi connectivity index (χ0) is 12.8. The highest BCUT2D eigenvalue weighted by molar-refractivity contribution is 5.85. The monoisotopic (exact) mass is 275 g/mol. The Hall–Kier alpha value is -1.37. The number of nitro benzene ring substituents is 1. The maximum atomic E-state index is 10.8. The number of nitrogens with two attached hydrogens (primary N) is 2. The minimum Gasteiger partial charge on any atom is -0.490 e. The lowest BCUT2D eigenvalue weighted by Crippen LogP contribution is -2.12. The van der Waals surface area contributed by atoms with Crippen LogP contribution in [0.3, 0.4) is 0 Å². The van der Waals surface area contributed by atoms with Crippen molar-refractivity contribution < 1.29 is 9.66 Å². The second kappa shape index (κ2) is 7.86. The predicted octanol–water partition coefficient (Wildman–Crippen LogP) is 1.76. The average molecular weight is 276 g/mol. The van der Waals surface area contributed by atoms with Crippen molar-refractivity contribution in [3.63, 3.8) is 0 Å². The molecule has 0 amide bonds. The summed E-state index contributed by atoms with van der Waals surface area (Å²) in [5.41, 5.74) is 12.0. The van der Waals surface area contributed by atoms with Gasteiger partial charge in [-0.15, -0.1) is 12.4 Å². The number of methoxy groups -OCH3 is 1. The maximum Gasteiger partial charge on any atom is 0.311 e. The van der Waals surface area contributed by atoms with E-state index in [1.54, 1.807) is 12.1 Å². The van der Waals surface area contributed by atoms with E-state index in [0.29, 0.717) is 13.0 Å². The summed E-state index contributed by atoms with van der Waals surface area (Å²) in [6.45, 7) is 0.561. The van der Waals surface area contributed by atoms with Crippen LogP contribution in [-0.4, -0.2) is 18.6 Å². The van der Waals surface area contributed by atoms with Gasteiger partial charge in [-0.3, -0.25) is 10.1 Å². The van der Waals surface area contributed by atoms with E-state index in [1.807, 2.05) is 0 Å². The van der Waals surface area contributed by atoms with E-state index >= 15 is 0 Å². The number of rotatable bonds is 6. The molecule has 4 N–H and O–H groups in total. The fourth-order valence-electron chi connectivity index (χ4n) is 1.58. The predicted molar refractivity (Wildman–Crippen MR) is 72.1 cm³/mol. The van der Waals surface area contributed by atoms with Gasteiger partial charge in [-0.05, 0) is 31.0 Å². The molecular formula is C11H18ClN3O3. The van der Waals surface area contributed by atoms with Crippen molar-refractivity contribution in [2.75, 3.05) is 13.7 Å². The Morgan fingerprint density at radius 3 is 2.67 bits per heavy atom. The molecule has 1 aromatic carbocycles. The van der Waals surface area contributed by atoms with Crippen LogP contribution in [0.15, 0.2) is 18.2 Å². The number of benzene rings is 1. The molecule has 1 aromatic rings. The molecule has 0 spiro atoms. The molecule has 0 aliphatic heterocycles. The first-order chi connectivity index (χ1) is 8.10. The number of hydrogen-bond acceptors (Lipinski definition) is 5. The summed E-state index contributed by atoms with van der Waals surface area (Å²) in [4.78, 5) is 10.4. The molecule has 1 rings (SSSR count). The van der Waals surface area contributed by atoms with Gasteiger partial charge in [-0.2, -0.15) is 0 Å². The molecule has 0 bridgehead atoms. The number of ether oxygens (including phenoxy) is 1. The maximum absolute atomic E-state index is 10.8. The van der Waals surface area contributed by atoms with Crippen LogP contribution in [0.2, 0.25) is 0 Å². The molecule has 0 aliphatic carbocycles. The quantitative estimate of drug-likeness (QED) is 0.608. The largest absolute Gasteiger partial charge is 0.490 e. The standard InChI is InChI=1S/C11H17N3O3.ClH/c1-17-11-5-4-8(7-10(11)14(15)16)9(13)3-2-6-12;/h4-5,7,9H,2-3,6,12-13H2,1H3;1H/t9-;/m1./s1. The molecule has 1 atom stereocenters. The van der Waals surface area contributed by atoms with Gasteiger partial charge in [0, 0.05) is 12.1 Å². The van der Waals surface area contributed by atoms with E-state index < -0.39 is 4.92 Å². The van der Waals surface area contributed by atoms with E-state index in [4.69, 9.17) is 16.2 Å². The summed E-state index contributed by atoms with van der Waals surface area (Å²) in [6.07, 6.45) is 1.50. The fourth-order valence-corrected chi connectivity index (χ4v) is 1.58. The van der Waals surface area contributed by atoms with Crippen LogP contribution in [0.1, 0.15) is 24.4 Å². The first-order valence-corrected chi connectivity index (χ1v) is 5.38. The third-order valence-corrected chi connectivity index (χ3v) is 2.55. The summed E-state index contributed by atoms with van der Waals surface area (Å²) >= 11 is 0. The molecule has 0 radical (unpaired) electrons. The van der Waals surface area contributed by atoms with Gasteiger partial charge in [-0.25, -0.2) is 0 Å². The van der Waals surface area contributed by atoms with Crippen LogP contribution in [0.25, 0.3) is 0 Å². The van der Waals surface area contributed by atoms with Crippen molar-refractivity contribution in [3.8, 4) is 5.75 Å². The molecule has 18 heavy (non-hydrogen) atoms. The smallest absolute Gasteiger partial charge is 0.311 e. The van der Waals surface area contributed by atoms with Crippen LogP contribution in [0, 0.1) is 10.1 Å². The van der Waals surface area contributed by atoms with Gasteiger partial charge in [-0.1, -0.05) is 6.07 Å². The van der Waals surface area contributed by atoms with Crippen LogP contribution in [-0.2, 0) is 0 Å². The van der Waals surface area contributed by atoms with Crippen LogP contribution in [0.5, 0.6) is 5.75 Å². The molecule has 0 unspecified atom stereocenters. The van der Waals surface area contributed by atoms with Crippen molar-refractivity contribution in [1.82, 2.24) is 0 Å².